The highest BCUT2D eigenvalue weighted by molar-refractivity contribution is 6.33. The number of anilines is 1. The molecule has 2 N–H and O–H groups in total. The minimum Gasteiger partial charge on any atom is -0.383 e. The van der Waals surface area contributed by atoms with E-state index in [1.807, 2.05) is 0 Å². The second-order valence-electron chi connectivity index (χ2n) is 4.56. The first-order chi connectivity index (χ1) is 9.04. The van der Waals surface area contributed by atoms with Crippen molar-refractivity contribution in [1.82, 2.24) is 9.78 Å². The highest BCUT2D eigenvalue weighted by Gasteiger charge is 2.17. The van der Waals surface area contributed by atoms with Gasteiger partial charge in [0.1, 0.15) is 11.6 Å². The normalized spacial score (nSPS) is 10.9. The highest BCUT2D eigenvalue weighted by Crippen LogP contribution is 2.35. The van der Waals surface area contributed by atoms with Crippen LogP contribution in [0.25, 0.3) is 11.1 Å². The maximum Gasteiger partial charge on any atom is 0.129 e. The fourth-order valence-electron chi connectivity index (χ4n) is 2.10. The Morgan fingerprint density at radius 2 is 2.16 bits per heavy atom. The van der Waals surface area contributed by atoms with E-state index in [0.717, 1.165) is 36.1 Å². The van der Waals surface area contributed by atoms with Crippen molar-refractivity contribution in [3.05, 3.63) is 34.7 Å². The molecule has 0 saturated carbocycles. The molecule has 102 valence electrons. The summed E-state index contributed by atoms with van der Waals surface area (Å²) in [5.74, 6) is 0.200. The number of hydrogen-bond donors (Lipinski definition) is 1. The van der Waals surface area contributed by atoms with Gasteiger partial charge in [-0.25, -0.2) is 4.39 Å². The molecular weight excluding hydrogens is 265 g/mol. The first-order valence-electron chi connectivity index (χ1n) is 6.31. The third-order valence-electron chi connectivity index (χ3n) is 3.13. The molecule has 1 aromatic heterocycles. The maximum absolute atomic E-state index is 13.1. The van der Waals surface area contributed by atoms with Crippen LogP contribution in [0.3, 0.4) is 0 Å². The van der Waals surface area contributed by atoms with Crippen LogP contribution in [0.15, 0.2) is 18.2 Å². The van der Waals surface area contributed by atoms with Crippen LogP contribution in [0, 0.1) is 5.82 Å². The molecule has 0 unspecified atom stereocenters. The van der Waals surface area contributed by atoms with Gasteiger partial charge in [-0.3, -0.25) is 4.68 Å². The Bertz CT molecular complexity index is 593. The topological polar surface area (TPSA) is 43.8 Å². The lowest BCUT2D eigenvalue weighted by Crippen LogP contribution is -1.98. The maximum atomic E-state index is 13.1. The van der Waals surface area contributed by atoms with E-state index in [1.54, 1.807) is 17.8 Å². The number of nitrogens with two attached hydrogens (primary N) is 1. The first kappa shape index (κ1) is 13.9. The van der Waals surface area contributed by atoms with Crippen LogP contribution < -0.4 is 5.73 Å². The largest absolute Gasteiger partial charge is 0.383 e. The van der Waals surface area contributed by atoms with Crippen LogP contribution in [0.2, 0.25) is 5.02 Å². The summed E-state index contributed by atoms with van der Waals surface area (Å²) in [5.41, 5.74) is 8.53. The van der Waals surface area contributed by atoms with Gasteiger partial charge in [0.15, 0.2) is 0 Å². The minimum atomic E-state index is -0.355. The molecule has 0 fully saturated rings. The van der Waals surface area contributed by atoms with Crippen LogP contribution in [0.4, 0.5) is 10.2 Å². The number of benzene rings is 1. The number of aryl methyl sites for hydroxylation is 2. The molecule has 0 aliphatic heterocycles. The predicted molar refractivity (Wildman–Crippen MR) is 76.6 cm³/mol. The number of unbranched alkanes of at least 4 members (excludes halogenated alkanes) is 1. The Hall–Kier alpha value is -1.55. The molecule has 0 aliphatic rings. The quantitative estimate of drug-likeness (QED) is 0.926. The second kappa shape index (κ2) is 5.61. The summed E-state index contributed by atoms with van der Waals surface area (Å²) in [6.07, 6.45) is 2.94. The van der Waals surface area contributed by atoms with Crippen molar-refractivity contribution in [1.29, 1.82) is 0 Å². The summed E-state index contributed by atoms with van der Waals surface area (Å²) in [4.78, 5) is 0. The number of halogens is 2. The third kappa shape index (κ3) is 2.73. The highest BCUT2D eigenvalue weighted by atomic mass is 35.5. The lowest BCUT2D eigenvalue weighted by molar-refractivity contribution is 0.628. The molecule has 0 bridgehead atoms. The molecule has 0 saturated heterocycles. The summed E-state index contributed by atoms with van der Waals surface area (Å²) in [5, 5.41) is 4.79. The van der Waals surface area contributed by atoms with Crippen LogP contribution in [0.5, 0.6) is 0 Å². The van der Waals surface area contributed by atoms with Crippen LogP contribution >= 0.6 is 11.6 Å². The number of rotatable bonds is 4. The van der Waals surface area contributed by atoms with E-state index in [0.29, 0.717) is 10.8 Å². The van der Waals surface area contributed by atoms with E-state index in [1.165, 1.54) is 12.1 Å². The SMILES string of the molecule is CCCCc1nn(C)c(N)c1-c1ccc(F)cc1Cl. The lowest BCUT2D eigenvalue weighted by Gasteiger charge is -2.06. The van der Waals surface area contributed by atoms with Gasteiger partial charge in [-0.2, -0.15) is 5.10 Å². The molecule has 0 atom stereocenters. The Labute approximate surface area is 117 Å². The van der Waals surface area contributed by atoms with Gasteiger partial charge in [0.25, 0.3) is 0 Å². The van der Waals surface area contributed by atoms with E-state index in [2.05, 4.69) is 12.0 Å². The van der Waals surface area contributed by atoms with Gasteiger partial charge in [0.2, 0.25) is 0 Å². The Morgan fingerprint density at radius 3 is 2.79 bits per heavy atom. The molecular formula is C14H17ClFN3. The third-order valence-corrected chi connectivity index (χ3v) is 3.44. The molecule has 3 nitrogen and oxygen atoms in total. The Morgan fingerprint density at radius 1 is 1.42 bits per heavy atom. The minimum absolute atomic E-state index is 0.355. The van der Waals surface area contributed by atoms with Crippen molar-refractivity contribution in [2.24, 2.45) is 7.05 Å². The first-order valence-corrected chi connectivity index (χ1v) is 6.69. The van der Waals surface area contributed by atoms with Crippen LogP contribution in [0.1, 0.15) is 25.5 Å². The van der Waals surface area contributed by atoms with E-state index in [-0.39, 0.29) is 5.82 Å². The zero-order valence-corrected chi connectivity index (χ0v) is 11.8. The van der Waals surface area contributed by atoms with Gasteiger partial charge < -0.3 is 5.73 Å². The van der Waals surface area contributed by atoms with Crippen molar-refractivity contribution < 1.29 is 4.39 Å². The second-order valence-corrected chi connectivity index (χ2v) is 4.97. The molecule has 1 heterocycles. The number of nitrogen functional groups attached to an aromatic ring is 1. The van der Waals surface area contributed by atoms with Crippen molar-refractivity contribution in [2.75, 3.05) is 5.73 Å². The van der Waals surface area contributed by atoms with E-state index in [9.17, 15) is 4.39 Å². The molecule has 2 rings (SSSR count). The average molecular weight is 282 g/mol. The number of nitrogens with zero attached hydrogens (tertiary/aromatic N) is 2. The van der Waals surface area contributed by atoms with Crippen molar-refractivity contribution >= 4 is 17.4 Å². The predicted octanol–water partition coefficient (Wildman–Crippen LogP) is 3.80. The summed E-state index contributed by atoms with van der Waals surface area (Å²) in [6, 6.07) is 4.34. The van der Waals surface area contributed by atoms with E-state index in [4.69, 9.17) is 17.3 Å². The Kier molecular flexibility index (Phi) is 4.10. The van der Waals surface area contributed by atoms with E-state index < -0.39 is 0 Å². The van der Waals surface area contributed by atoms with Crippen LogP contribution in [-0.2, 0) is 13.5 Å². The summed E-state index contributed by atoms with van der Waals surface area (Å²) in [6.45, 7) is 2.12. The van der Waals surface area contributed by atoms with Gasteiger partial charge in [0, 0.05) is 18.2 Å². The van der Waals surface area contributed by atoms with Gasteiger partial charge in [-0.05, 0) is 31.0 Å². The zero-order valence-electron chi connectivity index (χ0n) is 11.1. The molecule has 1 aromatic carbocycles. The van der Waals surface area contributed by atoms with Gasteiger partial charge in [-0.15, -0.1) is 0 Å². The standard InChI is InChI=1S/C14H17ClFN3/c1-3-4-5-12-13(14(17)19(2)18-12)10-7-6-9(16)8-11(10)15/h6-8H,3-5,17H2,1-2H3. The van der Waals surface area contributed by atoms with Crippen molar-refractivity contribution in [3.8, 4) is 11.1 Å². The average Bonchev–Trinajstić information content (AvgIpc) is 2.64. The molecule has 5 heteroatoms. The summed E-state index contributed by atoms with van der Waals surface area (Å²) < 4.78 is 14.8. The van der Waals surface area contributed by atoms with Crippen LogP contribution in [-0.4, -0.2) is 9.78 Å². The summed E-state index contributed by atoms with van der Waals surface area (Å²) in [7, 11) is 1.80. The molecule has 0 radical (unpaired) electrons. The molecule has 19 heavy (non-hydrogen) atoms. The monoisotopic (exact) mass is 281 g/mol. The smallest absolute Gasteiger partial charge is 0.129 e. The molecule has 0 spiro atoms. The van der Waals surface area contributed by atoms with Crippen molar-refractivity contribution in [2.45, 2.75) is 26.2 Å². The van der Waals surface area contributed by atoms with Crippen molar-refractivity contribution in [3.63, 3.8) is 0 Å². The van der Waals surface area contributed by atoms with Gasteiger partial charge in [0.05, 0.1) is 10.7 Å². The lowest BCUT2D eigenvalue weighted by atomic mass is 10.0. The van der Waals surface area contributed by atoms with E-state index >= 15 is 0 Å². The number of aromatic nitrogens is 2. The molecule has 0 amide bonds. The summed E-state index contributed by atoms with van der Waals surface area (Å²) >= 11 is 6.12. The zero-order chi connectivity index (χ0) is 14.0. The number of hydrogen-bond acceptors (Lipinski definition) is 2. The fourth-order valence-corrected chi connectivity index (χ4v) is 2.36. The Balaban J connectivity index is 2.53. The van der Waals surface area contributed by atoms with Gasteiger partial charge >= 0.3 is 0 Å². The fraction of sp³-hybridized carbons (Fsp3) is 0.357. The molecule has 2 aromatic rings. The molecule has 0 aliphatic carbocycles. The van der Waals surface area contributed by atoms with Gasteiger partial charge in [-0.1, -0.05) is 24.9 Å².